The van der Waals surface area contributed by atoms with E-state index in [2.05, 4.69) is 15.7 Å². The van der Waals surface area contributed by atoms with E-state index in [0.717, 1.165) is 37.1 Å². The van der Waals surface area contributed by atoms with Gasteiger partial charge in [-0.05, 0) is 32.7 Å². The molecule has 21 heavy (non-hydrogen) atoms. The number of nitrogens with zero attached hydrogens (tertiary/aromatic N) is 2. The van der Waals surface area contributed by atoms with Crippen LogP contribution in [-0.4, -0.2) is 40.0 Å². The molecule has 0 aromatic carbocycles. The van der Waals surface area contributed by atoms with Crippen molar-refractivity contribution in [3.63, 3.8) is 0 Å². The minimum absolute atomic E-state index is 0.0579. The highest BCUT2D eigenvalue weighted by molar-refractivity contribution is 5.77. The zero-order valence-electron chi connectivity index (χ0n) is 12.9. The number of carbonyl (C=O) groups is 1. The van der Waals surface area contributed by atoms with Crippen molar-refractivity contribution in [2.45, 2.75) is 58.2 Å². The van der Waals surface area contributed by atoms with Gasteiger partial charge in [0.15, 0.2) is 0 Å². The Morgan fingerprint density at radius 2 is 2.43 bits per heavy atom. The van der Waals surface area contributed by atoms with Crippen LogP contribution in [0.1, 0.15) is 50.4 Å². The molecule has 0 saturated carbocycles. The van der Waals surface area contributed by atoms with Crippen molar-refractivity contribution in [3.05, 3.63) is 17.5 Å². The number of aromatic nitrogens is 2. The summed E-state index contributed by atoms with van der Waals surface area (Å²) in [6.07, 6.45) is 5.29. The lowest BCUT2D eigenvalue weighted by molar-refractivity contribution is -0.122. The molecule has 118 valence electrons. The van der Waals surface area contributed by atoms with Crippen LogP contribution >= 0.6 is 0 Å². The van der Waals surface area contributed by atoms with Crippen LogP contribution in [-0.2, 0) is 17.8 Å². The highest BCUT2D eigenvalue weighted by Crippen LogP contribution is 2.29. The lowest BCUT2D eigenvalue weighted by atomic mass is 9.92. The third kappa shape index (κ3) is 4.04. The van der Waals surface area contributed by atoms with Crippen molar-refractivity contribution in [2.75, 3.05) is 13.2 Å². The first-order chi connectivity index (χ1) is 10.2. The summed E-state index contributed by atoms with van der Waals surface area (Å²) in [4.78, 5) is 12.1. The maximum atomic E-state index is 12.1. The maximum Gasteiger partial charge on any atom is 0.222 e. The second-order valence-electron chi connectivity index (χ2n) is 5.67. The quantitative estimate of drug-likeness (QED) is 0.693. The molecule has 1 amide bonds. The first-order valence-electron chi connectivity index (χ1n) is 7.83. The summed E-state index contributed by atoms with van der Waals surface area (Å²) in [5, 5.41) is 19.8. The molecule has 0 radical (unpaired) electrons. The predicted octanol–water partition coefficient (Wildman–Crippen LogP) is 0.757. The van der Waals surface area contributed by atoms with Gasteiger partial charge in [-0.1, -0.05) is 6.92 Å². The van der Waals surface area contributed by atoms with Crippen LogP contribution in [0.3, 0.4) is 0 Å². The fourth-order valence-corrected chi connectivity index (χ4v) is 3.01. The summed E-state index contributed by atoms with van der Waals surface area (Å²) >= 11 is 0. The summed E-state index contributed by atoms with van der Waals surface area (Å²) in [6, 6.07) is 0.248. The molecule has 0 fully saturated rings. The average molecular weight is 294 g/mol. The maximum absolute atomic E-state index is 12.1. The fraction of sp³-hybridized carbons (Fsp3) is 0.733. The van der Waals surface area contributed by atoms with Crippen molar-refractivity contribution in [1.82, 2.24) is 20.4 Å². The molecule has 0 bridgehead atoms. The highest BCUT2D eigenvalue weighted by Gasteiger charge is 2.25. The van der Waals surface area contributed by atoms with Gasteiger partial charge in [-0.3, -0.25) is 9.48 Å². The number of fused-ring (bicyclic) bond motifs is 1. The average Bonchev–Trinajstić information content (AvgIpc) is 2.84. The molecular weight excluding hydrogens is 268 g/mol. The molecule has 1 aromatic rings. The number of carbonyl (C=O) groups excluding carboxylic acids is 1. The van der Waals surface area contributed by atoms with Gasteiger partial charge in [-0.15, -0.1) is 0 Å². The van der Waals surface area contributed by atoms with Gasteiger partial charge < -0.3 is 15.7 Å². The van der Waals surface area contributed by atoms with E-state index in [9.17, 15) is 4.79 Å². The topological polar surface area (TPSA) is 79.2 Å². The number of hydrogen-bond donors (Lipinski definition) is 3. The Labute approximate surface area is 125 Å². The van der Waals surface area contributed by atoms with E-state index in [1.807, 2.05) is 24.7 Å². The van der Waals surface area contributed by atoms with Gasteiger partial charge in [-0.2, -0.15) is 5.10 Å². The number of nitrogens with one attached hydrogen (secondary N) is 2. The van der Waals surface area contributed by atoms with Gasteiger partial charge in [-0.25, -0.2) is 0 Å². The molecule has 1 aliphatic rings. The van der Waals surface area contributed by atoms with Crippen molar-refractivity contribution < 1.29 is 9.90 Å². The van der Waals surface area contributed by atoms with Gasteiger partial charge in [0, 0.05) is 23.7 Å². The van der Waals surface area contributed by atoms with E-state index in [-0.39, 0.29) is 24.6 Å². The van der Waals surface area contributed by atoms with Gasteiger partial charge in [0.2, 0.25) is 5.91 Å². The fourth-order valence-electron chi connectivity index (χ4n) is 3.01. The molecule has 0 aliphatic heterocycles. The lowest BCUT2D eigenvalue weighted by Gasteiger charge is -2.25. The van der Waals surface area contributed by atoms with Gasteiger partial charge in [0.1, 0.15) is 0 Å². The first-order valence-corrected chi connectivity index (χ1v) is 7.83. The Morgan fingerprint density at radius 1 is 1.62 bits per heavy atom. The molecule has 0 saturated heterocycles. The summed E-state index contributed by atoms with van der Waals surface area (Å²) in [7, 11) is 0. The van der Waals surface area contributed by atoms with Crippen LogP contribution in [0.5, 0.6) is 0 Å². The normalized spacial score (nSPS) is 19.1. The molecule has 6 nitrogen and oxygen atoms in total. The molecular formula is C15H26N4O2. The van der Waals surface area contributed by atoms with Gasteiger partial charge in [0.25, 0.3) is 0 Å². The Bertz CT molecular complexity index is 472. The Hall–Kier alpha value is -1.40. The van der Waals surface area contributed by atoms with E-state index >= 15 is 0 Å². The van der Waals surface area contributed by atoms with Crippen molar-refractivity contribution in [1.29, 1.82) is 0 Å². The SMILES string of the molecule is CCNC(C)CC(=O)NC1CCCc2c1cnn2CCO. The highest BCUT2D eigenvalue weighted by atomic mass is 16.3. The lowest BCUT2D eigenvalue weighted by Crippen LogP contribution is -2.36. The summed E-state index contributed by atoms with van der Waals surface area (Å²) < 4.78 is 1.86. The molecule has 1 aromatic heterocycles. The van der Waals surface area contributed by atoms with E-state index in [0.29, 0.717) is 13.0 Å². The third-order valence-electron chi connectivity index (χ3n) is 3.95. The molecule has 6 heteroatoms. The largest absolute Gasteiger partial charge is 0.394 e. The zero-order valence-corrected chi connectivity index (χ0v) is 12.9. The van der Waals surface area contributed by atoms with Crippen molar-refractivity contribution >= 4 is 5.91 Å². The Balaban J connectivity index is 1.98. The van der Waals surface area contributed by atoms with Crippen molar-refractivity contribution in [3.8, 4) is 0 Å². The van der Waals surface area contributed by atoms with Crippen LogP contribution in [0.4, 0.5) is 0 Å². The van der Waals surface area contributed by atoms with Crippen LogP contribution in [0.15, 0.2) is 6.20 Å². The summed E-state index contributed by atoms with van der Waals surface area (Å²) in [5.41, 5.74) is 2.26. The van der Waals surface area contributed by atoms with Crippen LogP contribution < -0.4 is 10.6 Å². The molecule has 3 N–H and O–H groups in total. The number of hydrogen-bond acceptors (Lipinski definition) is 4. The number of rotatable bonds is 7. The second kappa shape index (κ2) is 7.56. The van der Waals surface area contributed by atoms with E-state index in [1.165, 1.54) is 0 Å². The smallest absolute Gasteiger partial charge is 0.222 e. The third-order valence-corrected chi connectivity index (χ3v) is 3.95. The van der Waals surface area contributed by atoms with E-state index in [4.69, 9.17) is 5.11 Å². The number of aliphatic hydroxyl groups is 1. The van der Waals surface area contributed by atoms with Gasteiger partial charge in [0.05, 0.1) is 25.4 Å². The molecule has 1 aliphatic carbocycles. The molecule has 0 spiro atoms. The molecule has 2 atom stereocenters. The number of aliphatic hydroxyl groups excluding tert-OH is 1. The van der Waals surface area contributed by atoms with Crippen LogP contribution in [0, 0.1) is 0 Å². The zero-order chi connectivity index (χ0) is 15.2. The first kappa shape index (κ1) is 16.0. The summed E-state index contributed by atoms with van der Waals surface area (Å²) in [6.45, 7) is 5.54. The molecule has 2 unspecified atom stereocenters. The standard InChI is InChI=1S/C15H26N4O2/c1-3-16-11(2)9-15(21)18-13-5-4-6-14-12(13)10-17-19(14)7-8-20/h10-11,13,16,20H,3-9H2,1-2H3,(H,18,21). The minimum atomic E-state index is 0.0579. The predicted molar refractivity (Wildman–Crippen MR) is 80.9 cm³/mol. The van der Waals surface area contributed by atoms with Gasteiger partial charge >= 0.3 is 0 Å². The Kier molecular flexibility index (Phi) is 5.76. The monoisotopic (exact) mass is 294 g/mol. The molecule has 2 rings (SSSR count). The van der Waals surface area contributed by atoms with E-state index in [1.54, 1.807) is 0 Å². The Morgan fingerprint density at radius 3 is 3.14 bits per heavy atom. The minimum Gasteiger partial charge on any atom is -0.394 e. The van der Waals surface area contributed by atoms with E-state index < -0.39 is 0 Å². The summed E-state index contributed by atoms with van der Waals surface area (Å²) in [5.74, 6) is 0.0798. The van der Waals surface area contributed by atoms with Crippen LogP contribution in [0.2, 0.25) is 0 Å². The number of amides is 1. The van der Waals surface area contributed by atoms with Crippen LogP contribution in [0.25, 0.3) is 0 Å². The van der Waals surface area contributed by atoms with Crippen molar-refractivity contribution in [2.24, 2.45) is 0 Å². The molecule has 1 heterocycles. The second-order valence-corrected chi connectivity index (χ2v) is 5.67.